The standard InChI is InChI=1S/C10H11N2O4/c1-2-3-4-8-5-6-9(11(13)14)7-10(8)12(15)16/h5-7H,1-4H2. The molecule has 85 valence electrons. The van der Waals surface area contributed by atoms with E-state index in [4.69, 9.17) is 0 Å². The first-order valence-electron chi connectivity index (χ1n) is 4.77. The zero-order valence-electron chi connectivity index (χ0n) is 8.59. The van der Waals surface area contributed by atoms with Crippen LogP contribution in [0.3, 0.4) is 0 Å². The second kappa shape index (κ2) is 5.20. The van der Waals surface area contributed by atoms with Crippen LogP contribution in [0.1, 0.15) is 18.4 Å². The van der Waals surface area contributed by atoms with Crippen molar-refractivity contribution in [3.63, 3.8) is 0 Å². The molecule has 0 saturated heterocycles. The van der Waals surface area contributed by atoms with E-state index >= 15 is 0 Å². The molecule has 1 aromatic carbocycles. The van der Waals surface area contributed by atoms with E-state index in [1.54, 1.807) is 0 Å². The zero-order valence-corrected chi connectivity index (χ0v) is 8.59. The number of benzene rings is 1. The Hall–Kier alpha value is -1.98. The fourth-order valence-electron chi connectivity index (χ4n) is 1.36. The van der Waals surface area contributed by atoms with Gasteiger partial charge in [0.05, 0.1) is 15.9 Å². The van der Waals surface area contributed by atoms with E-state index in [1.807, 2.05) is 0 Å². The van der Waals surface area contributed by atoms with Crippen LogP contribution < -0.4 is 0 Å². The molecular formula is C10H11N2O4. The first-order valence-corrected chi connectivity index (χ1v) is 4.77. The first-order chi connectivity index (χ1) is 7.56. The zero-order chi connectivity index (χ0) is 12.1. The molecule has 0 fully saturated rings. The van der Waals surface area contributed by atoms with E-state index in [2.05, 4.69) is 6.92 Å². The van der Waals surface area contributed by atoms with Crippen LogP contribution in [-0.4, -0.2) is 9.85 Å². The summed E-state index contributed by atoms with van der Waals surface area (Å²) in [6.45, 7) is 3.64. The number of nitro groups is 2. The van der Waals surface area contributed by atoms with E-state index in [0.717, 1.165) is 12.5 Å². The fourth-order valence-corrected chi connectivity index (χ4v) is 1.36. The van der Waals surface area contributed by atoms with Crippen molar-refractivity contribution in [1.29, 1.82) is 0 Å². The highest BCUT2D eigenvalue weighted by Gasteiger charge is 2.18. The van der Waals surface area contributed by atoms with Crippen LogP contribution in [0.4, 0.5) is 11.4 Å². The van der Waals surface area contributed by atoms with Gasteiger partial charge >= 0.3 is 0 Å². The molecule has 0 unspecified atom stereocenters. The lowest BCUT2D eigenvalue weighted by Gasteiger charge is -2.01. The molecule has 1 aromatic rings. The van der Waals surface area contributed by atoms with Crippen molar-refractivity contribution in [2.75, 3.05) is 0 Å². The van der Waals surface area contributed by atoms with Crippen LogP contribution in [-0.2, 0) is 6.42 Å². The number of unbranched alkanes of at least 4 members (excludes halogenated alkanes) is 1. The molecule has 0 N–H and O–H groups in total. The summed E-state index contributed by atoms with van der Waals surface area (Å²) in [4.78, 5) is 20.0. The molecule has 0 aromatic heterocycles. The Labute approximate surface area is 92.2 Å². The number of nitro benzene ring substituents is 2. The number of rotatable bonds is 5. The van der Waals surface area contributed by atoms with Crippen LogP contribution in [0.5, 0.6) is 0 Å². The van der Waals surface area contributed by atoms with Gasteiger partial charge in [-0.2, -0.15) is 0 Å². The molecule has 0 heterocycles. The van der Waals surface area contributed by atoms with Gasteiger partial charge in [0.1, 0.15) is 0 Å². The van der Waals surface area contributed by atoms with Crippen LogP contribution in [0, 0.1) is 27.2 Å². The van der Waals surface area contributed by atoms with Crippen LogP contribution in [0.2, 0.25) is 0 Å². The number of hydrogen-bond donors (Lipinski definition) is 0. The molecule has 0 aliphatic heterocycles. The maximum absolute atomic E-state index is 10.7. The van der Waals surface area contributed by atoms with E-state index < -0.39 is 9.85 Å². The quantitative estimate of drug-likeness (QED) is 0.567. The van der Waals surface area contributed by atoms with Gasteiger partial charge in [0, 0.05) is 11.6 Å². The summed E-state index contributed by atoms with van der Waals surface area (Å²) in [6.07, 6.45) is 1.91. The minimum absolute atomic E-state index is 0.192. The van der Waals surface area contributed by atoms with Gasteiger partial charge in [0.2, 0.25) is 0 Å². The third kappa shape index (κ3) is 2.75. The molecule has 0 amide bonds. The van der Waals surface area contributed by atoms with Crippen LogP contribution in [0.15, 0.2) is 18.2 Å². The third-order valence-electron chi connectivity index (χ3n) is 2.17. The van der Waals surface area contributed by atoms with Crippen LogP contribution in [0.25, 0.3) is 0 Å². The average molecular weight is 223 g/mol. The lowest BCUT2D eigenvalue weighted by molar-refractivity contribution is -0.394. The SMILES string of the molecule is [CH2]CCCc1ccc([N+](=O)[O-])cc1[N+](=O)[O-]. The highest BCUT2D eigenvalue weighted by Crippen LogP contribution is 2.25. The van der Waals surface area contributed by atoms with Crippen molar-refractivity contribution in [2.24, 2.45) is 0 Å². The Balaban J connectivity index is 3.09. The predicted molar refractivity (Wildman–Crippen MR) is 58.0 cm³/mol. The Kier molecular flexibility index (Phi) is 3.93. The lowest BCUT2D eigenvalue weighted by Crippen LogP contribution is -1.97. The molecule has 1 rings (SSSR count). The van der Waals surface area contributed by atoms with Gasteiger partial charge in [0.15, 0.2) is 0 Å². The molecule has 0 bridgehead atoms. The molecule has 0 aliphatic carbocycles. The summed E-state index contributed by atoms with van der Waals surface area (Å²) in [5.74, 6) is 0. The molecule has 6 nitrogen and oxygen atoms in total. The second-order valence-electron chi connectivity index (χ2n) is 3.28. The Bertz CT molecular complexity index is 417. The van der Waals surface area contributed by atoms with Gasteiger partial charge in [-0.05, 0) is 18.9 Å². The molecule has 16 heavy (non-hydrogen) atoms. The smallest absolute Gasteiger partial charge is 0.258 e. The van der Waals surface area contributed by atoms with Crippen molar-refractivity contribution in [2.45, 2.75) is 19.3 Å². The van der Waals surface area contributed by atoms with Gasteiger partial charge < -0.3 is 0 Å². The molecular weight excluding hydrogens is 212 g/mol. The summed E-state index contributed by atoms with van der Waals surface area (Å²) < 4.78 is 0. The molecule has 6 heteroatoms. The molecule has 1 radical (unpaired) electrons. The monoisotopic (exact) mass is 223 g/mol. The number of aryl methyl sites for hydroxylation is 1. The maximum Gasteiger partial charge on any atom is 0.279 e. The molecule has 0 spiro atoms. The summed E-state index contributed by atoms with van der Waals surface area (Å²) in [6, 6.07) is 3.72. The summed E-state index contributed by atoms with van der Waals surface area (Å²) in [7, 11) is 0. The average Bonchev–Trinajstić information content (AvgIpc) is 2.25. The topological polar surface area (TPSA) is 86.3 Å². The highest BCUT2D eigenvalue weighted by molar-refractivity contribution is 5.49. The summed E-state index contributed by atoms with van der Waals surface area (Å²) >= 11 is 0. The molecule has 0 atom stereocenters. The fraction of sp³-hybridized carbons (Fsp3) is 0.300. The minimum Gasteiger partial charge on any atom is -0.258 e. The van der Waals surface area contributed by atoms with Gasteiger partial charge in [0.25, 0.3) is 11.4 Å². The van der Waals surface area contributed by atoms with Crippen molar-refractivity contribution < 1.29 is 9.85 Å². The largest absolute Gasteiger partial charge is 0.279 e. The van der Waals surface area contributed by atoms with Gasteiger partial charge in [-0.25, -0.2) is 0 Å². The van der Waals surface area contributed by atoms with Crippen molar-refractivity contribution >= 4 is 11.4 Å². The van der Waals surface area contributed by atoms with E-state index in [0.29, 0.717) is 18.4 Å². The Morgan fingerprint density at radius 2 is 1.88 bits per heavy atom. The first kappa shape index (κ1) is 12.1. The number of non-ortho nitro benzene ring substituents is 1. The minimum atomic E-state index is -0.641. The van der Waals surface area contributed by atoms with Crippen molar-refractivity contribution in [3.8, 4) is 0 Å². The van der Waals surface area contributed by atoms with Gasteiger partial charge in [-0.1, -0.05) is 13.3 Å². The van der Waals surface area contributed by atoms with Crippen molar-refractivity contribution in [1.82, 2.24) is 0 Å². The summed E-state index contributed by atoms with van der Waals surface area (Å²) in [5.41, 5.74) is 0.0620. The second-order valence-corrected chi connectivity index (χ2v) is 3.28. The lowest BCUT2D eigenvalue weighted by atomic mass is 10.1. The number of hydrogen-bond acceptors (Lipinski definition) is 4. The predicted octanol–water partition coefficient (Wildman–Crippen LogP) is 2.66. The number of nitrogens with zero attached hydrogens (tertiary/aromatic N) is 2. The molecule has 0 aliphatic rings. The van der Waals surface area contributed by atoms with Crippen LogP contribution >= 0.6 is 0 Å². The van der Waals surface area contributed by atoms with Crippen molar-refractivity contribution in [3.05, 3.63) is 50.9 Å². The normalized spacial score (nSPS) is 10.1. The highest BCUT2D eigenvalue weighted by atomic mass is 16.6. The molecule has 0 saturated carbocycles. The van der Waals surface area contributed by atoms with Gasteiger partial charge in [-0.15, -0.1) is 0 Å². The maximum atomic E-state index is 10.7. The van der Waals surface area contributed by atoms with E-state index in [-0.39, 0.29) is 11.4 Å². The van der Waals surface area contributed by atoms with E-state index in [9.17, 15) is 20.2 Å². The van der Waals surface area contributed by atoms with Gasteiger partial charge in [-0.3, -0.25) is 20.2 Å². The third-order valence-corrected chi connectivity index (χ3v) is 2.17. The van der Waals surface area contributed by atoms with E-state index in [1.165, 1.54) is 12.1 Å². The Morgan fingerprint density at radius 1 is 1.19 bits per heavy atom. The summed E-state index contributed by atoms with van der Waals surface area (Å²) in [5, 5.41) is 21.2. The Morgan fingerprint density at radius 3 is 2.38 bits per heavy atom.